The van der Waals surface area contributed by atoms with Crippen LogP contribution in [0, 0.1) is 42.9 Å². The Kier molecular flexibility index (Phi) is 4.21. The first-order valence-corrected chi connectivity index (χ1v) is 7.55. The van der Waals surface area contributed by atoms with E-state index in [4.69, 9.17) is 0 Å². The molecule has 0 spiro atoms. The molecule has 0 saturated carbocycles. The zero-order valence-corrected chi connectivity index (χ0v) is 14.0. The minimum Gasteiger partial charge on any atom is -0.359 e. The lowest BCUT2D eigenvalue weighted by Gasteiger charge is -2.11. The molecule has 0 aliphatic carbocycles. The normalized spacial score (nSPS) is 16.0. The molecule has 3 nitrogen and oxygen atoms in total. The molecule has 1 amide bonds. The number of aromatic nitrogens is 1. The van der Waals surface area contributed by atoms with E-state index in [9.17, 15) is 26.7 Å². The van der Waals surface area contributed by atoms with Gasteiger partial charge in [-0.2, -0.15) is 0 Å². The number of halogens is 5. The van der Waals surface area contributed by atoms with Crippen molar-refractivity contribution >= 4 is 17.6 Å². The second kappa shape index (κ2) is 6.12. The smallest absolute Gasteiger partial charge is 0.252 e. The number of benzene rings is 1. The average molecular weight is 368 g/mol. The Morgan fingerprint density at radius 3 is 1.92 bits per heavy atom. The van der Waals surface area contributed by atoms with E-state index in [0.29, 0.717) is 5.69 Å². The third-order valence-electron chi connectivity index (χ3n) is 4.17. The first kappa shape index (κ1) is 17.9. The fraction of sp³-hybridized carbons (Fsp3) is 0.167. The van der Waals surface area contributed by atoms with Gasteiger partial charge in [-0.05, 0) is 38.5 Å². The molecule has 2 heterocycles. The van der Waals surface area contributed by atoms with Crippen LogP contribution in [0.15, 0.2) is 17.3 Å². The summed E-state index contributed by atoms with van der Waals surface area (Å²) >= 11 is 0. The largest absolute Gasteiger partial charge is 0.359 e. The second-order valence-electron chi connectivity index (χ2n) is 6.01. The number of nitrogens with one attached hydrogen (secondary N) is 2. The van der Waals surface area contributed by atoms with Crippen LogP contribution in [0.4, 0.5) is 22.0 Å². The molecule has 0 atom stereocenters. The fourth-order valence-corrected chi connectivity index (χ4v) is 2.89. The number of hydrogen-bond donors (Lipinski definition) is 2. The minimum absolute atomic E-state index is 0.0549. The molecule has 0 radical (unpaired) electrons. The Hall–Kier alpha value is -2.90. The van der Waals surface area contributed by atoms with Gasteiger partial charge in [0.2, 0.25) is 5.82 Å². The zero-order valence-electron chi connectivity index (χ0n) is 14.0. The quantitative estimate of drug-likeness (QED) is 0.464. The number of aromatic amines is 1. The van der Waals surface area contributed by atoms with Crippen molar-refractivity contribution in [3.8, 4) is 0 Å². The van der Waals surface area contributed by atoms with E-state index in [1.54, 1.807) is 19.9 Å². The van der Waals surface area contributed by atoms with Crippen LogP contribution in [0.25, 0.3) is 11.6 Å². The molecule has 0 unspecified atom stereocenters. The van der Waals surface area contributed by atoms with Gasteiger partial charge in [0.15, 0.2) is 23.3 Å². The maximum Gasteiger partial charge on any atom is 0.252 e. The summed E-state index contributed by atoms with van der Waals surface area (Å²) in [5.41, 5.74) is 0.413. The molecule has 0 saturated heterocycles. The predicted molar refractivity (Wildman–Crippen MR) is 85.2 cm³/mol. The highest BCUT2D eigenvalue weighted by atomic mass is 19.2. The predicted octanol–water partition coefficient (Wildman–Crippen LogP) is 4.27. The van der Waals surface area contributed by atoms with E-state index in [-0.39, 0.29) is 16.8 Å². The molecule has 26 heavy (non-hydrogen) atoms. The van der Waals surface area contributed by atoms with Crippen molar-refractivity contribution < 1.29 is 26.7 Å². The zero-order chi connectivity index (χ0) is 19.3. The number of aryl methyl sites for hydroxylation is 2. The molecule has 0 bridgehead atoms. The molecule has 3 rings (SSSR count). The third kappa shape index (κ3) is 2.61. The van der Waals surface area contributed by atoms with Crippen LogP contribution in [-0.2, 0) is 4.79 Å². The molecular weight excluding hydrogens is 355 g/mol. The van der Waals surface area contributed by atoms with Crippen LogP contribution in [-0.4, -0.2) is 10.9 Å². The monoisotopic (exact) mass is 368 g/mol. The Bertz CT molecular complexity index is 988. The highest BCUT2D eigenvalue weighted by Crippen LogP contribution is 2.37. The summed E-state index contributed by atoms with van der Waals surface area (Å²) in [5.74, 6) is -11.0. The topological polar surface area (TPSA) is 44.9 Å². The summed E-state index contributed by atoms with van der Waals surface area (Å²) in [5, 5.41) is 2.40. The van der Waals surface area contributed by atoms with Gasteiger partial charge in [0.1, 0.15) is 0 Å². The molecule has 8 heteroatoms. The fourth-order valence-electron chi connectivity index (χ4n) is 2.89. The van der Waals surface area contributed by atoms with Crippen LogP contribution in [0.3, 0.4) is 0 Å². The first-order valence-electron chi connectivity index (χ1n) is 7.55. The number of amides is 1. The van der Waals surface area contributed by atoms with Crippen LogP contribution in [0.2, 0.25) is 0 Å². The summed E-state index contributed by atoms with van der Waals surface area (Å²) < 4.78 is 68.9. The van der Waals surface area contributed by atoms with E-state index >= 15 is 0 Å². The van der Waals surface area contributed by atoms with E-state index in [2.05, 4.69) is 10.3 Å². The summed E-state index contributed by atoms with van der Waals surface area (Å²) in [6, 6.07) is 1.80. The summed E-state index contributed by atoms with van der Waals surface area (Å²) in [6.07, 6.45) is 1.39. The Morgan fingerprint density at radius 1 is 0.885 bits per heavy atom. The second-order valence-corrected chi connectivity index (χ2v) is 6.01. The maximum atomic E-state index is 14.2. The molecule has 136 valence electrons. The standard InChI is InChI=1S/C18H13F5N2O/c1-6-4-7(2)24-9(6)5-10-11(8(3)18(26)25-10)12-13(19)15(21)17(23)16(22)14(12)20/h4-5,24H,1-3H3,(H,25,26)/b10-5-. The number of allylic oxidation sites excluding steroid dienone is 1. The van der Waals surface area contributed by atoms with Gasteiger partial charge in [0, 0.05) is 22.5 Å². The lowest BCUT2D eigenvalue weighted by Crippen LogP contribution is -2.15. The highest BCUT2D eigenvalue weighted by Gasteiger charge is 2.34. The molecule has 1 aliphatic heterocycles. The molecule has 1 aromatic carbocycles. The van der Waals surface area contributed by atoms with Crippen molar-refractivity contribution in [2.24, 2.45) is 0 Å². The third-order valence-corrected chi connectivity index (χ3v) is 4.17. The number of carbonyl (C=O) groups excluding carboxylic acids is 1. The number of rotatable bonds is 2. The van der Waals surface area contributed by atoms with Gasteiger partial charge < -0.3 is 10.3 Å². The first-order chi connectivity index (χ1) is 12.1. The van der Waals surface area contributed by atoms with Crippen molar-refractivity contribution in [1.29, 1.82) is 0 Å². The van der Waals surface area contributed by atoms with Gasteiger partial charge in [0.25, 0.3) is 5.91 Å². The van der Waals surface area contributed by atoms with Gasteiger partial charge in [-0.1, -0.05) is 0 Å². The minimum atomic E-state index is -2.25. The van der Waals surface area contributed by atoms with Crippen molar-refractivity contribution in [3.63, 3.8) is 0 Å². The molecular formula is C18H13F5N2O. The van der Waals surface area contributed by atoms with E-state index < -0.39 is 40.6 Å². The highest BCUT2D eigenvalue weighted by molar-refractivity contribution is 6.12. The number of hydrogen-bond acceptors (Lipinski definition) is 1. The lowest BCUT2D eigenvalue weighted by molar-refractivity contribution is -0.116. The van der Waals surface area contributed by atoms with Gasteiger partial charge in [-0.3, -0.25) is 4.79 Å². The molecule has 0 fully saturated rings. The van der Waals surface area contributed by atoms with Crippen molar-refractivity contribution in [2.75, 3.05) is 0 Å². The van der Waals surface area contributed by atoms with Crippen molar-refractivity contribution in [3.05, 3.63) is 68.9 Å². The van der Waals surface area contributed by atoms with Gasteiger partial charge >= 0.3 is 0 Å². The van der Waals surface area contributed by atoms with Gasteiger partial charge in [-0.15, -0.1) is 0 Å². The van der Waals surface area contributed by atoms with Gasteiger partial charge in [0.05, 0.1) is 11.3 Å². The number of carbonyl (C=O) groups is 1. The molecule has 2 N–H and O–H groups in total. The maximum absolute atomic E-state index is 14.2. The Morgan fingerprint density at radius 2 is 1.42 bits per heavy atom. The summed E-state index contributed by atoms with van der Waals surface area (Å²) in [4.78, 5) is 15.0. The van der Waals surface area contributed by atoms with Crippen LogP contribution < -0.4 is 5.32 Å². The molecule has 1 aliphatic rings. The van der Waals surface area contributed by atoms with Gasteiger partial charge in [-0.25, -0.2) is 22.0 Å². The Labute approximate surface area is 145 Å². The lowest BCUT2D eigenvalue weighted by atomic mass is 9.97. The van der Waals surface area contributed by atoms with Crippen LogP contribution >= 0.6 is 0 Å². The van der Waals surface area contributed by atoms with E-state index in [1.807, 2.05) is 0 Å². The SMILES string of the molecule is CC1=C(c2c(F)c(F)c(F)c(F)c2F)/C(=C/c2[nH]c(C)cc2C)NC1=O. The van der Waals surface area contributed by atoms with E-state index in [0.717, 1.165) is 11.3 Å². The average Bonchev–Trinajstić information content (AvgIpc) is 3.04. The molecule has 2 aromatic rings. The van der Waals surface area contributed by atoms with Crippen molar-refractivity contribution in [2.45, 2.75) is 20.8 Å². The number of H-pyrrole nitrogens is 1. The van der Waals surface area contributed by atoms with Crippen LogP contribution in [0.1, 0.15) is 29.4 Å². The van der Waals surface area contributed by atoms with Crippen LogP contribution in [0.5, 0.6) is 0 Å². The molecule has 1 aromatic heterocycles. The van der Waals surface area contributed by atoms with E-state index in [1.165, 1.54) is 13.0 Å². The summed E-state index contributed by atoms with van der Waals surface area (Å²) in [7, 11) is 0. The summed E-state index contributed by atoms with van der Waals surface area (Å²) in [6.45, 7) is 4.80. The Balaban J connectivity index is 2.28. The van der Waals surface area contributed by atoms with Crippen molar-refractivity contribution in [1.82, 2.24) is 10.3 Å².